The molecule has 0 saturated carbocycles. The zero-order chi connectivity index (χ0) is 27.4. The molecule has 1 aromatic heterocycles. The van der Waals surface area contributed by atoms with Crippen LogP contribution < -0.4 is 10.0 Å². The Labute approximate surface area is 228 Å². The lowest BCUT2D eigenvalue weighted by Crippen LogP contribution is -2.42. The summed E-state index contributed by atoms with van der Waals surface area (Å²) < 4.78 is 30.8. The Bertz CT molecular complexity index is 1080. The van der Waals surface area contributed by atoms with Crippen LogP contribution in [0.25, 0.3) is 0 Å². The first-order valence-corrected chi connectivity index (χ1v) is 15.7. The second-order valence-corrected chi connectivity index (χ2v) is 11.7. The van der Waals surface area contributed by atoms with Crippen molar-refractivity contribution in [1.82, 2.24) is 34.6 Å². The summed E-state index contributed by atoms with van der Waals surface area (Å²) in [7, 11) is -3.54. The predicted octanol–water partition coefficient (Wildman–Crippen LogP) is 3.32. The smallest absolute Gasteiger partial charge is 0.317 e. The number of piperidine rings is 1. The molecule has 0 unspecified atom stereocenters. The Morgan fingerprint density at radius 3 is 2.45 bits per heavy atom. The normalized spacial score (nSPS) is 15.1. The van der Waals surface area contributed by atoms with Crippen molar-refractivity contribution in [3.05, 3.63) is 47.5 Å². The molecule has 3 rings (SSSR count). The van der Waals surface area contributed by atoms with E-state index < -0.39 is 16.1 Å². The maximum atomic E-state index is 13.1. The van der Waals surface area contributed by atoms with Gasteiger partial charge in [0.05, 0.1) is 18.3 Å². The van der Waals surface area contributed by atoms with E-state index in [9.17, 15) is 13.2 Å². The summed E-state index contributed by atoms with van der Waals surface area (Å²) in [4.78, 5) is 21.4. The minimum atomic E-state index is -3.54. The minimum absolute atomic E-state index is 0.0541. The number of benzene rings is 1. The van der Waals surface area contributed by atoms with Crippen LogP contribution in [0.4, 0.5) is 4.79 Å². The number of urea groups is 1. The summed E-state index contributed by atoms with van der Waals surface area (Å²) in [6.07, 6.45) is 5.00. The summed E-state index contributed by atoms with van der Waals surface area (Å²) in [5.41, 5.74) is 1.13. The van der Waals surface area contributed by atoms with Gasteiger partial charge >= 0.3 is 6.03 Å². The van der Waals surface area contributed by atoms with E-state index in [0.29, 0.717) is 37.5 Å². The number of aryl methyl sites for hydroxylation is 2. The number of carbonyl (C=O) groups is 1. The molecule has 0 spiro atoms. The summed E-state index contributed by atoms with van der Waals surface area (Å²) in [6, 6.07) is 9.35. The third-order valence-corrected chi connectivity index (χ3v) is 8.55. The molecular weight excluding hydrogens is 502 g/mol. The maximum Gasteiger partial charge on any atom is 0.317 e. The van der Waals surface area contributed by atoms with Gasteiger partial charge in [-0.1, -0.05) is 44.2 Å². The predicted molar refractivity (Wildman–Crippen MR) is 150 cm³/mol. The molecule has 11 heteroatoms. The first-order chi connectivity index (χ1) is 18.3. The molecule has 2 amide bonds. The number of amides is 2. The molecule has 212 valence electrons. The van der Waals surface area contributed by atoms with Crippen molar-refractivity contribution in [2.75, 3.05) is 38.5 Å². The highest BCUT2D eigenvalue weighted by Crippen LogP contribution is 2.19. The largest absolute Gasteiger partial charge is 0.331 e. The fraction of sp³-hybridized carbons (Fsp3) is 0.667. The molecule has 10 nitrogen and oxygen atoms in total. The molecule has 1 aliphatic rings. The van der Waals surface area contributed by atoms with Crippen LogP contribution in [0.1, 0.15) is 76.1 Å². The van der Waals surface area contributed by atoms with Crippen LogP contribution in [-0.2, 0) is 29.5 Å². The third kappa shape index (κ3) is 9.36. The van der Waals surface area contributed by atoms with Crippen molar-refractivity contribution < 1.29 is 13.2 Å². The van der Waals surface area contributed by atoms with Crippen LogP contribution >= 0.6 is 0 Å². The van der Waals surface area contributed by atoms with Crippen molar-refractivity contribution in [3.8, 4) is 0 Å². The Hall–Kier alpha value is -2.50. The lowest BCUT2D eigenvalue weighted by molar-refractivity contribution is 0.185. The van der Waals surface area contributed by atoms with Crippen molar-refractivity contribution in [3.63, 3.8) is 0 Å². The first kappa shape index (κ1) is 30.0. The van der Waals surface area contributed by atoms with Crippen LogP contribution in [0, 0.1) is 0 Å². The molecular formula is C27H45N7O3S. The molecule has 1 aromatic carbocycles. The molecule has 38 heavy (non-hydrogen) atoms. The highest BCUT2D eigenvalue weighted by Gasteiger charge is 2.25. The van der Waals surface area contributed by atoms with E-state index in [1.165, 1.54) is 0 Å². The second kappa shape index (κ2) is 15.2. The molecule has 0 aliphatic carbocycles. The van der Waals surface area contributed by atoms with Gasteiger partial charge in [-0.15, -0.1) is 0 Å². The minimum Gasteiger partial charge on any atom is -0.331 e. The fourth-order valence-electron chi connectivity index (χ4n) is 4.78. The van der Waals surface area contributed by atoms with E-state index in [2.05, 4.69) is 33.9 Å². The van der Waals surface area contributed by atoms with E-state index in [1.54, 1.807) is 4.68 Å². The molecule has 2 N–H and O–H groups in total. The number of carbonyl (C=O) groups excluding carboxylic acids is 1. The fourth-order valence-corrected chi connectivity index (χ4v) is 6.06. The number of nitrogens with zero attached hydrogens (tertiary/aromatic N) is 5. The number of sulfonamides is 1. The van der Waals surface area contributed by atoms with Crippen LogP contribution in [-0.4, -0.2) is 77.5 Å². The monoisotopic (exact) mass is 547 g/mol. The molecule has 1 fully saturated rings. The van der Waals surface area contributed by atoms with Gasteiger partial charge in [0.25, 0.3) is 0 Å². The van der Waals surface area contributed by atoms with E-state index in [1.807, 2.05) is 42.2 Å². The number of rotatable bonds is 15. The zero-order valence-corrected chi connectivity index (χ0v) is 24.0. The average molecular weight is 548 g/mol. The summed E-state index contributed by atoms with van der Waals surface area (Å²) in [5.74, 6) is 1.12. The average Bonchev–Trinajstić information content (AvgIpc) is 3.36. The van der Waals surface area contributed by atoms with Gasteiger partial charge < -0.3 is 15.1 Å². The molecule has 2 aromatic rings. The highest BCUT2D eigenvalue weighted by molar-refractivity contribution is 7.89. The zero-order valence-electron chi connectivity index (χ0n) is 23.2. The van der Waals surface area contributed by atoms with Gasteiger partial charge in [0, 0.05) is 19.6 Å². The Kier molecular flexibility index (Phi) is 12.0. The third-order valence-electron chi connectivity index (χ3n) is 7.09. The van der Waals surface area contributed by atoms with Gasteiger partial charge in [-0.25, -0.2) is 27.6 Å². The summed E-state index contributed by atoms with van der Waals surface area (Å²) >= 11 is 0. The SMILES string of the molecule is CCN(CC)CCCS(=O)(=O)N[C@H](CCc1ccccc1)c1nc(CNC(=O)N2CCCCC2)n(CC)n1. The Morgan fingerprint density at radius 1 is 1.08 bits per heavy atom. The van der Waals surface area contributed by atoms with Crippen LogP contribution in [0.2, 0.25) is 0 Å². The van der Waals surface area contributed by atoms with E-state index >= 15 is 0 Å². The van der Waals surface area contributed by atoms with Gasteiger partial charge in [0.15, 0.2) is 5.82 Å². The summed E-state index contributed by atoms with van der Waals surface area (Å²) in [6.45, 7) is 11.0. The lowest BCUT2D eigenvalue weighted by Gasteiger charge is -2.26. The van der Waals surface area contributed by atoms with E-state index in [-0.39, 0.29) is 18.3 Å². The number of likely N-dealkylation sites (tertiary alicyclic amines) is 1. The van der Waals surface area contributed by atoms with Crippen molar-refractivity contribution >= 4 is 16.1 Å². The van der Waals surface area contributed by atoms with Crippen molar-refractivity contribution in [2.24, 2.45) is 0 Å². The number of hydrogen-bond donors (Lipinski definition) is 2. The maximum absolute atomic E-state index is 13.1. The molecule has 1 atom stereocenters. The van der Waals surface area contributed by atoms with Gasteiger partial charge in [0.1, 0.15) is 5.82 Å². The molecule has 2 heterocycles. The van der Waals surface area contributed by atoms with Crippen LogP contribution in [0.5, 0.6) is 0 Å². The van der Waals surface area contributed by atoms with E-state index in [0.717, 1.165) is 57.5 Å². The highest BCUT2D eigenvalue weighted by atomic mass is 32.2. The van der Waals surface area contributed by atoms with Crippen LogP contribution in [0.3, 0.4) is 0 Å². The standard InChI is InChI=1S/C27H45N7O3S/c1-4-32(5-2)18-13-21-38(36,37)31-24(17-16-23-14-9-7-10-15-23)26-29-25(34(6-3)30-26)22-28-27(35)33-19-11-8-12-20-33/h7,9-10,14-15,24,31H,4-6,8,11-13,16-22H2,1-3H3,(H,28,35)/t24-/m1/s1. The van der Waals surface area contributed by atoms with Crippen LogP contribution in [0.15, 0.2) is 30.3 Å². The second-order valence-electron chi connectivity index (χ2n) is 9.80. The quantitative estimate of drug-likeness (QED) is 0.354. The Balaban J connectivity index is 1.71. The first-order valence-electron chi connectivity index (χ1n) is 14.1. The van der Waals surface area contributed by atoms with Crippen molar-refractivity contribution in [2.45, 2.75) is 78.4 Å². The number of aromatic nitrogens is 3. The van der Waals surface area contributed by atoms with E-state index in [4.69, 9.17) is 4.98 Å². The topological polar surface area (TPSA) is 112 Å². The Morgan fingerprint density at radius 2 is 1.79 bits per heavy atom. The van der Waals surface area contributed by atoms with Gasteiger partial charge in [-0.3, -0.25) is 0 Å². The van der Waals surface area contributed by atoms with Gasteiger partial charge in [0.2, 0.25) is 10.0 Å². The summed E-state index contributed by atoms with van der Waals surface area (Å²) in [5, 5.41) is 7.63. The molecule has 1 aliphatic heterocycles. The van der Waals surface area contributed by atoms with Crippen molar-refractivity contribution in [1.29, 1.82) is 0 Å². The molecule has 1 saturated heterocycles. The molecule has 0 radical (unpaired) electrons. The number of nitrogens with one attached hydrogen (secondary N) is 2. The van der Waals surface area contributed by atoms with Gasteiger partial charge in [-0.2, -0.15) is 5.10 Å². The molecule has 0 bridgehead atoms. The lowest BCUT2D eigenvalue weighted by atomic mass is 10.1. The van der Waals surface area contributed by atoms with Gasteiger partial charge in [-0.05, 0) is 70.6 Å². The number of hydrogen-bond acceptors (Lipinski definition) is 6.